The number of hydrogen-bond donors (Lipinski definition) is 2. The van der Waals surface area contributed by atoms with Crippen LogP contribution in [0.25, 0.3) is 0 Å². The van der Waals surface area contributed by atoms with E-state index >= 15 is 0 Å². The van der Waals surface area contributed by atoms with Crippen molar-refractivity contribution in [2.75, 3.05) is 16.8 Å². The van der Waals surface area contributed by atoms with Gasteiger partial charge in [0.2, 0.25) is 12.0 Å². The van der Waals surface area contributed by atoms with Gasteiger partial charge in [-0.2, -0.15) is 0 Å². The van der Waals surface area contributed by atoms with Crippen molar-refractivity contribution in [1.82, 2.24) is 10.5 Å². The molecule has 1 fully saturated rings. The summed E-state index contributed by atoms with van der Waals surface area (Å²) in [7, 11) is 0. The Labute approximate surface area is 166 Å². The molecule has 148 valence electrons. The maximum Gasteiger partial charge on any atom is 0.317 e. The lowest BCUT2D eigenvalue weighted by Crippen LogP contribution is -2.34. The quantitative estimate of drug-likeness (QED) is 0.618. The van der Waals surface area contributed by atoms with Gasteiger partial charge in [0.25, 0.3) is 5.91 Å². The zero-order valence-electron chi connectivity index (χ0n) is 15.3. The van der Waals surface area contributed by atoms with Gasteiger partial charge in [-0.15, -0.1) is 11.8 Å². The second-order valence-corrected chi connectivity index (χ2v) is 7.41. The van der Waals surface area contributed by atoms with Crippen LogP contribution in [0.2, 0.25) is 0 Å². The van der Waals surface area contributed by atoms with Gasteiger partial charge < -0.3 is 19.9 Å². The second-order valence-electron chi connectivity index (χ2n) is 6.43. The number of hydrogen-bond acceptors (Lipinski definition) is 7. The smallest absolute Gasteiger partial charge is 0.317 e. The van der Waals surface area contributed by atoms with Gasteiger partial charge in [-0.05, 0) is 19.8 Å². The number of amides is 2. The molecule has 1 saturated carbocycles. The molecule has 0 unspecified atom stereocenters. The number of thioether (sulfide) groups is 1. The maximum absolute atomic E-state index is 12.4. The van der Waals surface area contributed by atoms with Crippen molar-refractivity contribution in [1.29, 1.82) is 0 Å². The van der Waals surface area contributed by atoms with Crippen LogP contribution >= 0.6 is 11.8 Å². The van der Waals surface area contributed by atoms with Crippen molar-refractivity contribution in [3.63, 3.8) is 0 Å². The SMILES string of the molecule is Cc1cc(NC(=O)CSCC(=O)O[C@H](C(=O)NC2CC2)c2ccccc2)no1. The summed E-state index contributed by atoms with van der Waals surface area (Å²) in [6.45, 7) is 1.72. The molecular formula is C19H21N3O5S. The highest BCUT2D eigenvalue weighted by Crippen LogP contribution is 2.23. The van der Waals surface area contributed by atoms with Gasteiger partial charge in [0, 0.05) is 17.7 Å². The Morgan fingerprint density at radius 3 is 2.64 bits per heavy atom. The Kier molecular flexibility index (Phi) is 6.70. The fraction of sp³-hybridized carbons (Fsp3) is 0.368. The van der Waals surface area contributed by atoms with Gasteiger partial charge in [0.15, 0.2) is 5.82 Å². The molecule has 2 aromatic rings. The van der Waals surface area contributed by atoms with Crippen LogP contribution in [0.3, 0.4) is 0 Å². The predicted molar refractivity (Wildman–Crippen MR) is 104 cm³/mol. The van der Waals surface area contributed by atoms with E-state index < -0.39 is 12.1 Å². The van der Waals surface area contributed by atoms with E-state index in [9.17, 15) is 14.4 Å². The predicted octanol–water partition coefficient (Wildman–Crippen LogP) is 2.22. The van der Waals surface area contributed by atoms with Crippen molar-refractivity contribution < 1.29 is 23.6 Å². The van der Waals surface area contributed by atoms with E-state index in [4.69, 9.17) is 9.26 Å². The zero-order chi connectivity index (χ0) is 19.9. The third kappa shape index (κ3) is 6.12. The van der Waals surface area contributed by atoms with Crippen molar-refractivity contribution >= 4 is 35.4 Å². The fourth-order valence-electron chi connectivity index (χ4n) is 2.40. The van der Waals surface area contributed by atoms with E-state index in [2.05, 4.69) is 15.8 Å². The summed E-state index contributed by atoms with van der Waals surface area (Å²) in [4.78, 5) is 36.5. The van der Waals surface area contributed by atoms with Gasteiger partial charge in [0.05, 0.1) is 11.5 Å². The number of aromatic nitrogens is 1. The molecule has 1 heterocycles. The molecule has 0 radical (unpaired) electrons. The molecule has 2 amide bonds. The molecule has 0 aliphatic heterocycles. The molecule has 0 saturated heterocycles. The highest BCUT2D eigenvalue weighted by atomic mass is 32.2. The number of anilines is 1. The Hall–Kier alpha value is -2.81. The number of ether oxygens (including phenoxy) is 1. The second kappa shape index (κ2) is 9.41. The van der Waals surface area contributed by atoms with Crippen LogP contribution in [-0.2, 0) is 19.1 Å². The fourth-order valence-corrected chi connectivity index (χ4v) is 3.00. The Morgan fingerprint density at radius 1 is 1.25 bits per heavy atom. The summed E-state index contributed by atoms with van der Waals surface area (Å²) >= 11 is 1.09. The topological polar surface area (TPSA) is 111 Å². The number of nitrogens with zero attached hydrogens (tertiary/aromatic N) is 1. The van der Waals surface area contributed by atoms with Crippen LogP contribution in [0, 0.1) is 6.92 Å². The van der Waals surface area contributed by atoms with Crippen molar-refractivity contribution in [3.8, 4) is 0 Å². The van der Waals surface area contributed by atoms with Crippen LogP contribution in [0.15, 0.2) is 40.9 Å². The molecule has 1 aromatic carbocycles. The summed E-state index contributed by atoms with van der Waals surface area (Å²) in [6, 6.07) is 10.6. The summed E-state index contributed by atoms with van der Waals surface area (Å²) in [5, 5.41) is 9.10. The number of carbonyl (C=O) groups excluding carboxylic acids is 3. The minimum atomic E-state index is -0.998. The van der Waals surface area contributed by atoms with Gasteiger partial charge in [-0.3, -0.25) is 14.4 Å². The normalized spacial score (nSPS) is 14.2. The molecule has 8 nitrogen and oxygen atoms in total. The standard InChI is InChI=1S/C19H21N3O5S/c1-12-9-15(22-27-12)21-16(23)10-28-11-17(24)26-18(13-5-3-2-4-6-13)19(25)20-14-7-8-14/h2-6,9,14,18H,7-8,10-11H2,1H3,(H,20,25)(H,21,22,23)/t18-/m0/s1. The van der Waals surface area contributed by atoms with Crippen molar-refractivity contribution in [3.05, 3.63) is 47.7 Å². The largest absolute Gasteiger partial charge is 0.447 e. The Morgan fingerprint density at radius 2 is 2.00 bits per heavy atom. The van der Waals surface area contributed by atoms with Crippen LogP contribution in [0.1, 0.15) is 30.3 Å². The third-order valence-corrected chi connectivity index (χ3v) is 4.77. The van der Waals surface area contributed by atoms with E-state index in [-0.39, 0.29) is 29.4 Å². The molecule has 1 aliphatic carbocycles. The molecule has 0 bridgehead atoms. The molecule has 1 aliphatic rings. The van der Waals surface area contributed by atoms with Crippen molar-refractivity contribution in [2.45, 2.75) is 31.9 Å². The molecule has 28 heavy (non-hydrogen) atoms. The average Bonchev–Trinajstić information content (AvgIpc) is 3.40. The first kappa shape index (κ1) is 19.9. The molecule has 9 heteroatoms. The number of aryl methyl sites for hydroxylation is 1. The van der Waals surface area contributed by atoms with Gasteiger partial charge >= 0.3 is 5.97 Å². The van der Waals surface area contributed by atoms with E-state index in [1.807, 2.05) is 6.07 Å². The zero-order valence-corrected chi connectivity index (χ0v) is 16.2. The number of benzene rings is 1. The van der Waals surface area contributed by atoms with Crippen LogP contribution in [-0.4, -0.2) is 40.5 Å². The maximum atomic E-state index is 12.4. The number of nitrogens with one attached hydrogen (secondary N) is 2. The summed E-state index contributed by atoms with van der Waals surface area (Å²) in [5.74, 6) is -0.288. The first-order valence-corrected chi connectivity index (χ1v) is 10.0. The van der Waals surface area contributed by atoms with E-state index in [0.717, 1.165) is 24.6 Å². The molecule has 1 atom stereocenters. The Bertz CT molecular complexity index is 835. The van der Waals surface area contributed by atoms with E-state index in [1.165, 1.54) is 0 Å². The number of esters is 1. The number of rotatable bonds is 9. The minimum Gasteiger partial charge on any atom is -0.447 e. The van der Waals surface area contributed by atoms with Gasteiger partial charge in [0.1, 0.15) is 5.76 Å². The van der Waals surface area contributed by atoms with Gasteiger partial charge in [-0.1, -0.05) is 35.5 Å². The summed E-state index contributed by atoms with van der Waals surface area (Å²) in [5.41, 5.74) is 0.609. The lowest BCUT2D eigenvalue weighted by Gasteiger charge is -2.18. The molecular weight excluding hydrogens is 382 g/mol. The minimum absolute atomic E-state index is 0.0469. The van der Waals surface area contributed by atoms with Crippen LogP contribution < -0.4 is 10.6 Å². The van der Waals surface area contributed by atoms with Crippen molar-refractivity contribution in [2.24, 2.45) is 0 Å². The third-order valence-electron chi connectivity index (χ3n) is 3.86. The number of carbonyl (C=O) groups is 3. The molecule has 0 spiro atoms. The summed E-state index contributed by atoms with van der Waals surface area (Å²) < 4.78 is 10.3. The average molecular weight is 403 g/mol. The van der Waals surface area contributed by atoms with Crippen LogP contribution in [0.4, 0.5) is 5.82 Å². The monoisotopic (exact) mass is 403 g/mol. The lowest BCUT2D eigenvalue weighted by molar-refractivity contribution is -0.154. The molecule has 1 aromatic heterocycles. The highest BCUT2D eigenvalue weighted by Gasteiger charge is 2.30. The first-order valence-electron chi connectivity index (χ1n) is 8.87. The van der Waals surface area contributed by atoms with Gasteiger partial charge in [-0.25, -0.2) is 0 Å². The molecule has 2 N–H and O–H groups in total. The summed E-state index contributed by atoms with van der Waals surface area (Å²) in [6.07, 6.45) is 0.885. The molecule has 3 rings (SSSR count). The lowest BCUT2D eigenvalue weighted by atomic mass is 10.1. The van der Waals surface area contributed by atoms with Crippen LogP contribution in [0.5, 0.6) is 0 Å². The Balaban J connectivity index is 1.47. The first-order chi connectivity index (χ1) is 13.5. The van der Waals surface area contributed by atoms with E-state index in [1.54, 1.807) is 37.3 Å². The van der Waals surface area contributed by atoms with E-state index in [0.29, 0.717) is 17.1 Å². The highest BCUT2D eigenvalue weighted by molar-refractivity contribution is 8.00.